The predicted octanol–water partition coefficient (Wildman–Crippen LogP) is 7.06. The van der Waals surface area contributed by atoms with Crippen LogP contribution in [0.2, 0.25) is 5.02 Å². The molecule has 0 aliphatic heterocycles. The fraction of sp³-hybridized carbons (Fsp3) is 0.296. The first kappa shape index (κ1) is 21.0. The number of rotatable bonds is 5. The van der Waals surface area contributed by atoms with Crippen molar-refractivity contribution in [2.75, 3.05) is 13.7 Å². The van der Waals surface area contributed by atoms with E-state index in [4.69, 9.17) is 21.3 Å². The Kier molecular flexibility index (Phi) is 5.23. The van der Waals surface area contributed by atoms with Gasteiger partial charge in [0.2, 0.25) is 0 Å². The van der Waals surface area contributed by atoms with E-state index < -0.39 is 0 Å². The van der Waals surface area contributed by atoms with Crippen LogP contribution in [0, 0.1) is 20.8 Å². The molecule has 0 saturated carbocycles. The molecule has 2 aromatic heterocycles. The predicted molar refractivity (Wildman–Crippen MR) is 135 cm³/mol. The highest BCUT2D eigenvalue weighted by atomic mass is 35.5. The van der Waals surface area contributed by atoms with Crippen LogP contribution in [-0.2, 0) is 17.8 Å². The molecule has 32 heavy (non-hydrogen) atoms. The Hall–Kier alpha value is -2.82. The third-order valence-electron chi connectivity index (χ3n) is 6.59. The van der Waals surface area contributed by atoms with E-state index in [0.29, 0.717) is 6.61 Å². The summed E-state index contributed by atoms with van der Waals surface area (Å²) in [7, 11) is 1.74. The first-order valence-corrected chi connectivity index (χ1v) is 11.5. The summed E-state index contributed by atoms with van der Waals surface area (Å²) in [4.78, 5) is 5.12. The molecular weight excluding hydrogens is 418 g/mol. The van der Waals surface area contributed by atoms with Crippen LogP contribution in [-0.4, -0.2) is 27.8 Å². The van der Waals surface area contributed by atoms with Crippen LogP contribution in [0.25, 0.3) is 44.2 Å². The second-order valence-corrected chi connectivity index (χ2v) is 8.98. The van der Waals surface area contributed by atoms with Gasteiger partial charge in [-0.3, -0.25) is 0 Å². The van der Waals surface area contributed by atoms with Crippen LogP contribution in [0.1, 0.15) is 23.6 Å². The normalized spacial score (nSPS) is 11.9. The molecule has 2 heterocycles. The van der Waals surface area contributed by atoms with Gasteiger partial charge >= 0.3 is 0 Å². The molecule has 5 aromatic rings. The van der Waals surface area contributed by atoms with Gasteiger partial charge in [-0.15, -0.1) is 0 Å². The lowest BCUT2D eigenvalue weighted by atomic mass is 10.1. The van der Waals surface area contributed by atoms with Gasteiger partial charge in [0, 0.05) is 42.1 Å². The Labute approximate surface area is 193 Å². The minimum atomic E-state index is 0.636. The summed E-state index contributed by atoms with van der Waals surface area (Å²) in [5.74, 6) is 0.976. The molecule has 0 bridgehead atoms. The van der Waals surface area contributed by atoms with Crippen molar-refractivity contribution < 1.29 is 4.74 Å². The van der Waals surface area contributed by atoms with Crippen LogP contribution in [0.15, 0.2) is 42.5 Å². The van der Waals surface area contributed by atoms with Gasteiger partial charge in [-0.05, 0) is 80.8 Å². The van der Waals surface area contributed by atoms with Crippen molar-refractivity contribution >= 4 is 44.4 Å². The standard InChI is InChI=1S/C27H28ClN3O/c1-6-30-23-10-8-19(15-20(23)21-13-16(2)14-22(28)26(21)30)27-29-25-18(4)17(3)7-9-24(25)31(27)11-12-32-5/h7-10,13-15H,6,11-12H2,1-5H3. The van der Waals surface area contributed by atoms with Crippen LogP contribution in [0.3, 0.4) is 0 Å². The number of hydrogen-bond donors (Lipinski definition) is 0. The summed E-state index contributed by atoms with van der Waals surface area (Å²) in [6.45, 7) is 10.8. The second-order valence-electron chi connectivity index (χ2n) is 8.57. The molecule has 5 rings (SSSR count). The average Bonchev–Trinajstić information content (AvgIpc) is 3.30. The zero-order valence-corrected chi connectivity index (χ0v) is 20.0. The van der Waals surface area contributed by atoms with Crippen molar-refractivity contribution in [2.24, 2.45) is 0 Å². The average molecular weight is 446 g/mol. The molecule has 0 aliphatic rings. The van der Waals surface area contributed by atoms with Crippen LogP contribution in [0.4, 0.5) is 0 Å². The number of aryl methyl sites for hydroxylation is 4. The molecule has 0 spiro atoms. The fourth-order valence-corrected chi connectivity index (χ4v) is 5.22. The lowest BCUT2D eigenvalue weighted by molar-refractivity contribution is 0.188. The molecule has 0 aliphatic carbocycles. The molecule has 0 atom stereocenters. The fourth-order valence-electron chi connectivity index (χ4n) is 4.84. The van der Waals surface area contributed by atoms with E-state index in [1.165, 1.54) is 33.0 Å². The summed E-state index contributed by atoms with van der Waals surface area (Å²) >= 11 is 6.69. The molecule has 164 valence electrons. The van der Waals surface area contributed by atoms with Crippen LogP contribution in [0.5, 0.6) is 0 Å². The van der Waals surface area contributed by atoms with E-state index in [9.17, 15) is 0 Å². The quantitative estimate of drug-likeness (QED) is 0.290. The van der Waals surface area contributed by atoms with Crippen molar-refractivity contribution in [3.63, 3.8) is 0 Å². The molecule has 0 amide bonds. The molecule has 0 unspecified atom stereocenters. The number of benzene rings is 3. The Balaban J connectivity index is 1.82. The maximum Gasteiger partial charge on any atom is 0.141 e. The van der Waals surface area contributed by atoms with Gasteiger partial charge in [0.1, 0.15) is 5.82 Å². The zero-order chi connectivity index (χ0) is 22.6. The molecular formula is C27H28ClN3O. The molecule has 0 radical (unpaired) electrons. The van der Waals surface area contributed by atoms with Gasteiger partial charge in [0.05, 0.1) is 28.2 Å². The van der Waals surface area contributed by atoms with E-state index in [-0.39, 0.29) is 0 Å². The van der Waals surface area contributed by atoms with Gasteiger partial charge in [-0.25, -0.2) is 4.98 Å². The number of methoxy groups -OCH3 is 1. The van der Waals surface area contributed by atoms with Crippen LogP contribution < -0.4 is 0 Å². The van der Waals surface area contributed by atoms with Gasteiger partial charge in [0.15, 0.2) is 0 Å². The number of hydrogen-bond acceptors (Lipinski definition) is 2. The highest BCUT2D eigenvalue weighted by Gasteiger charge is 2.18. The minimum Gasteiger partial charge on any atom is -0.383 e. The monoisotopic (exact) mass is 445 g/mol. The Bertz CT molecular complexity index is 1490. The van der Waals surface area contributed by atoms with E-state index >= 15 is 0 Å². The summed E-state index contributed by atoms with van der Waals surface area (Å²) in [6.07, 6.45) is 0. The number of nitrogens with zero attached hydrogens (tertiary/aromatic N) is 3. The SMILES string of the molecule is CCn1c2ccc(-c3nc4c(C)c(C)ccc4n3CCOC)cc2c2cc(C)cc(Cl)c21. The summed E-state index contributed by atoms with van der Waals surface area (Å²) in [5, 5.41) is 3.21. The maximum absolute atomic E-state index is 6.69. The Morgan fingerprint density at radius 2 is 1.72 bits per heavy atom. The first-order valence-electron chi connectivity index (χ1n) is 11.1. The molecule has 4 nitrogen and oxygen atoms in total. The van der Waals surface area contributed by atoms with Gasteiger partial charge in [-0.1, -0.05) is 17.7 Å². The van der Waals surface area contributed by atoms with Crippen LogP contribution >= 0.6 is 11.6 Å². The molecule has 5 heteroatoms. The number of fused-ring (bicyclic) bond motifs is 4. The summed E-state index contributed by atoms with van der Waals surface area (Å²) in [5.41, 5.74) is 9.27. The Morgan fingerprint density at radius 1 is 0.938 bits per heavy atom. The second kappa shape index (κ2) is 7.95. The topological polar surface area (TPSA) is 32.0 Å². The van der Waals surface area contributed by atoms with Gasteiger partial charge in [0.25, 0.3) is 0 Å². The van der Waals surface area contributed by atoms with Crippen molar-refractivity contribution in [3.05, 3.63) is 64.2 Å². The van der Waals surface area contributed by atoms with E-state index in [0.717, 1.165) is 46.1 Å². The van der Waals surface area contributed by atoms with Crippen molar-refractivity contribution in [3.8, 4) is 11.4 Å². The number of imidazole rings is 1. The third-order valence-corrected chi connectivity index (χ3v) is 6.88. The maximum atomic E-state index is 6.69. The minimum absolute atomic E-state index is 0.636. The number of halogens is 1. The zero-order valence-electron chi connectivity index (χ0n) is 19.3. The lowest BCUT2D eigenvalue weighted by Crippen LogP contribution is -2.06. The van der Waals surface area contributed by atoms with Gasteiger partial charge < -0.3 is 13.9 Å². The summed E-state index contributed by atoms with van der Waals surface area (Å²) < 4.78 is 10.00. The van der Waals surface area contributed by atoms with E-state index in [2.05, 4.69) is 73.2 Å². The van der Waals surface area contributed by atoms with Crippen molar-refractivity contribution in [2.45, 2.75) is 40.8 Å². The van der Waals surface area contributed by atoms with Crippen molar-refractivity contribution in [1.29, 1.82) is 0 Å². The van der Waals surface area contributed by atoms with E-state index in [1.54, 1.807) is 7.11 Å². The molecule has 3 aromatic carbocycles. The smallest absolute Gasteiger partial charge is 0.141 e. The highest BCUT2D eigenvalue weighted by Crippen LogP contribution is 2.37. The molecule has 0 N–H and O–H groups in total. The number of ether oxygens (including phenoxy) is 1. The largest absolute Gasteiger partial charge is 0.383 e. The third kappa shape index (κ3) is 3.13. The Morgan fingerprint density at radius 3 is 2.47 bits per heavy atom. The van der Waals surface area contributed by atoms with E-state index in [1.807, 2.05) is 6.07 Å². The molecule has 0 fully saturated rings. The van der Waals surface area contributed by atoms with Gasteiger partial charge in [-0.2, -0.15) is 0 Å². The first-order chi connectivity index (χ1) is 15.4. The lowest BCUT2D eigenvalue weighted by Gasteiger charge is -2.10. The number of aromatic nitrogens is 3. The summed E-state index contributed by atoms with van der Waals surface area (Å²) in [6, 6.07) is 15.3. The van der Waals surface area contributed by atoms with Crippen molar-refractivity contribution in [1.82, 2.24) is 14.1 Å². The highest BCUT2D eigenvalue weighted by molar-refractivity contribution is 6.36. The molecule has 0 saturated heterocycles.